The number of carbonyl (C=O) groups is 1. The van der Waals surface area contributed by atoms with Crippen molar-refractivity contribution in [3.05, 3.63) is 100 Å². The molecule has 1 aliphatic rings. The van der Waals surface area contributed by atoms with E-state index in [1.54, 1.807) is 6.92 Å². The zero-order valence-electron chi connectivity index (χ0n) is 23.8. The van der Waals surface area contributed by atoms with E-state index < -0.39 is 5.97 Å². The minimum Gasteiger partial charge on any atom is -0.493 e. The molecule has 2 atom stereocenters. The molecule has 208 valence electrons. The van der Waals surface area contributed by atoms with Crippen molar-refractivity contribution in [1.82, 2.24) is 4.98 Å². The maximum absolute atomic E-state index is 11.5. The van der Waals surface area contributed by atoms with Crippen LogP contribution < -0.4 is 9.64 Å². The average molecular weight is 539 g/mol. The molecule has 0 amide bonds. The van der Waals surface area contributed by atoms with Crippen molar-refractivity contribution >= 4 is 11.7 Å². The van der Waals surface area contributed by atoms with E-state index in [0.29, 0.717) is 18.9 Å². The van der Waals surface area contributed by atoms with Gasteiger partial charge in [-0.05, 0) is 86.1 Å². The number of hydrogen-bond donors (Lipinski definition) is 1. The van der Waals surface area contributed by atoms with Gasteiger partial charge < -0.3 is 19.2 Å². The van der Waals surface area contributed by atoms with Crippen LogP contribution >= 0.6 is 0 Å². The number of aliphatic carboxylic acids is 1. The third-order valence-corrected chi connectivity index (χ3v) is 8.13. The molecule has 1 aliphatic carbocycles. The second kappa shape index (κ2) is 12.0. The highest BCUT2D eigenvalue weighted by molar-refractivity contribution is 5.71. The van der Waals surface area contributed by atoms with Crippen LogP contribution in [0.4, 0.5) is 5.69 Å². The molecule has 6 nitrogen and oxygen atoms in total. The molecule has 3 aromatic carbocycles. The van der Waals surface area contributed by atoms with Crippen molar-refractivity contribution in [3.8, 4) is 17.2 Å². The third kappa shape index (κ3) is 5.91. The molecule has 1 N–H and O–H groups in total. The Morgan fingerprint density at radius 3 is 2.67 bits per heavy atom. The van der Waals surface area contributed by atoms with Crippen molar-refractivity contribution in [2.45, 2.75) is 59.4 Å². The molecule has 40 heavy (non-hydrogen) atoms. The molecule has 0 bridgehead atoms. The smallest absolute Gasteiger partial charge is 0.306 e. The second-order valence-corrected chi connectivity index (χ2v) is 10.8. The zero-order valence-corrected chi connectivity index (χ0v) is 23.8. The topological polar surface area (TPSA) is 75.8 Å². The standard InChI is InChI=1S/C34H38N2O4/c1-5-36(21-25-9-7-6-8-10-25)32-20-27(12-11-22(32)2)33-35-31(24(4)40-33)17-18-39-28-14-16-30-26(19-28)13-15-29(30)23(3)34(37)38/h6-12,14,16,19-20,23,29H,5,13,15,17-18,21H2,1-4H3,(H,37,38)/t23-,29-/m0/s1. The van der Waals surface area contributed by atoms with Crippen molar-refractivity contribution in [2.24, 2.45) is 5.92 Å². The number of aromatic nitrogens is 1. The number of nitrogens with zero attached hydrogens (tertiary/aromatic N) is 2. The molecule has 4 aromatic rings. The molecule has 0 radical (unpaired) electrons. The molecule has 0 aliphatic heterocycles. The summed E-state index contributed by atoms with van der Waals surface area (Å²) in [6.45, 7) is 10.3. The first-order valence-electron chi connectivity index (χ1n) is 14.2. The quantitative estimate of drug-likeness (QED) is 0.215. The van der Waals surface area contributed by atoms with Crippen molar-refractivity contribution in [1.29, 1.82) is 0 Å². The van der Waals surface area contributed by atoms with Gasteiger partial charge in [-0.3, -0.25) is 4.79 Å². The normalized spacial score (nSPS) is 15.1. The Labute approximate surface area is 236 Å². The van der Waals surface area contributed by atoms with Crippen LogP contribution in [-0.4, -0.2) is 29.2 Å². The summed E-state index contributed by atoms with van der Waals surface area (Å²) in [6.07, 6.45) is 2.40. The number of oxazole rings is 1. The fourth-order valence-electron chi connectivity index (χ4n) is 5.71. The lowest BCUT2D eigenvalue weighted by Gasteiger charge is -2.25. The van der Waals surface area contributed by atoms with Crippen LogP contribution in [0.2, 0.25) is 0 Å². The number of rotatable bonds is 11. The van der Waals surface area contributed by atoms with E-state index in [0.717, 1.165) is 54.3 Å². The number of anilines is 1. The summed E-state index contributed by atoms with van der Waals surface area (Å²) in [7, 11) is 0. The van der Waals surface area contributed by atoms with Gasteiger partial charge >= 0.3 is 5.97 Å². The summed E-state index contributed by atoms with van der Waals surface area (Å²) in [6, 6.07) is 23.0. The Bertz CT molecular complexity index is 1480. The Balaban J connectivity index is 1.25. The fourth-order valence-corrected chi connectivity index (χ4v) is 5.71. The summed E-state index contributed by atoms with van der Waals surface area (Å²) in [4.78, 5) is 18.7. The minimum absolute atomic E-state index is 0.0720. The predicted octanol–water partition coefficient (Wildman–Crippen LogP) is 7.36. The fraction of sp³-hybridized carbons (Fsp3) is 0.353. The molecule has 0 saturated heterocycles. The maximum atomic E-state index is 11.5. The van der Waals surface area contributed by atoms with E-state index in [1.165, 1.54) is 22.4 Å². The predicted molar refractivity (Wildman–Crippen MR) is 158 cm³/mol. The average Bonchev–Trinajstić information content (AvgIpc) is 3.55. The number of benzene rings is 3. The summed E-state index contributed by atoms with van der Waals surface area (Å²) in [5, 5.41) is 9.42. The van der Waals surface area contributed by atoms with Crippen LogP contribution in [0, 0.1) is 19.8 Å². The molecule has 1 heterocycles. The monoisotopic (exact) mass is 538 g/mol. The van der Waals surface area contributed by atoms with E-state index in [1.807, 2.05) is 25.1 Å². The van der Waals surface area contributed by atoms with Gasteiger partial charge in [-0.15, -0.1) is 0 Å². The molecule has 6 heteroatoms. The Morgan fingerprint density at radius 1 is 1.12 bits per heavy atom. The third-order valence-electron chi connectivity index (χ3n) is 8.13. The minimum atomic E-state index is -0.739. The zero-order chi connectivity index (χ0) is 28.2. The first kappa shape index (κ1) is 27.5. The molecule has 0 saturated carbocycles. The van der Waals surface area contributed by atoms with Gasteiger partial charge in [-0.25, -0.2) is 4.98 Å². The highest BCUT2D eigenvalue weighted by Gasteiger charge is 2.31. The van der Waals surface area contributed by atoms with Crippen LogP contribution in [0.15, 0.2) is 71.1 Å². The number of ether oxygens (including phenoxy) is 1. The van der Waals surface area contributed by atoms with Crippen molar-refractivity contribution in [3.63, 3.8) is 0 Å². The van der Waals surface area contributed by atoms with Crippen molar-refractivity contribution < 1.29 is 19.1 Å². The number of carboxylic acid groups (broad SMARTS) is 1. The Morgan fingerprint density at radius 2 is 1.93 bits per heavy atom. The van der Waals surface area contributed by atoms with E-state index in [4.69, 9.17) is 14.1 Å². The van der Waals surface area contributed by atoms with Gasteiger partial charge in [0.2, 0.25) is 5.89 Å². The lowest BCUT2D eigenvalue weighted by molar-refractivity contribution is -0.141. The number of hydrogen-bond acceptors (Lipinski definition) is 5. The Hall–Kier alpha value is -4.06. The highest BCUT2D eigenvalue weighted by atomic mass is 16.5. The van der Waals surface area contributed by atoms with Crippen LogP contribution in [0.5, 0.6) is 5.75 Å². The maximum Gasteiger partial charge on any atom is 0.306 e. The van der Waals surface area contributed by atoms with E-state index >= 15 is 0 Å². The van der Waals surface area contributed by atoms with Crippen molar-refractivity contribution in [2.75, 3.05) is 18.1 Å². The van der Waals surface area contributed by atoms with Gasteiger partial charge in [0.15, 0.2) is 0 Å². The number of carboxylic acids is 1. The molecule has 1 aromatic heterocycles. The van der Waals surface area contributed by atoms with Gasteiger partial charge in [0, 0.05) is 30.8 Å². The lowest BCUT2D eigenvalue weighted by atomic mass is 9.89. The van der Waals surface area contributed by atoms with Gasteiger partial charge in [0.05, 0.1) is 18.2 Å². The molecule has 5 rings (SSSR count). The van der Waals surface area contributed by atoms with Gasteiger partial charge in [-0.2, -0.15) is 0 Å². The van der Waals surface area contributed by atoms with E-state index in [-0.39, 0.29) is 11.8 Å². The molecule has 0 unspecified atom stereocenters. The number of aryl methyl sites for hydroxylation is 3. The molecular formula is C34H38N2O4. The van der Waals surface area contributed by atoms with E-state index in [9.17, 15) is 9.90 Å². The molecular weight excluding hydrogens is 500 g/mol. The van der Waals surface area contributed by atoms with Crippen LogP contribution in [0.3, 0.4) is 0 Å². The second-order valence-electron chi connectivity index (χ2n) is 10.8. The highest BCUT2D eigenvalue weighted by Crippen LogP contribution is 2.40. The van der Waals surface area contributed by atoms with Gasteiger partial charge in [-0.1, -0.05) is 49.4 Å². The number of fused-ring (bicyclic) bond motifs is 1. The SMILES string of the molecule is CCN(Cc1ccccc1)c1cc(-c2nc(CCOc3ccc4c(c3)CC[C@H]4[C@H](C)C(=O)O)c(C)o2)ccc1C. The summed E-state index contributed by atoms with van der Waals surface area (Å²) in [5.41, 5.74) is 7.87. The summed E-state index contributed by atoms with van der Waals surface area (Å²) >= 11 is 0. The van der Waals surface area contributed by atoms with Crippen LogP contribution in [0.1, 0.15) is 59.9 Å². The lowest BCUT2D eigenvalue weighted by Crippen LogP contribution is -2.22. The summed E-state index contributed by atoms with van der Waals surface area (Å²) in [5.74, 6) is 1.19. The Kier molecular flexibility index (Phi) is 8.24. The summed E-state index contributed by atoms with van der Waals surface area (Å²) < 4.78 is 12.2. The van der Waals surface area contributed by atoms with Gasteiger partial charge in [0.1, 0.15) is 11.5 Å². The largest absolute Gasteiger partial charge is 0.493 e. The van der Waals surface area contributed by atoms with Crippen LogP contribution in [0.25, 0.3) is 11.5 Å². The van der Waals surface area contributed by atoms with Gasteiger partial charge in [0.25, 0.3) is 0 Å². The molecule has 0 fully saturated rings. The molecule has 0 spiro atoms. The van der Waals surface area contributed by atoms with Crippen LogP contribution in [-0.2, 0) is 24.2 Å². The first-order chi connectivity index (χ1) is 19.3. The first-order valence-corrected chi connectivity index (χ1v) is 14.2. The van der Waals surface area contributed by atoms with E-state index in [2.05, 4.69) is 67.3 Å².